The molecule has 2 aromatic rings. The zero-order valence-electron chi connectivity index (χ0n) is 11.6. The van der Waals surface area contributed by atoms with Crippen LogP contribution >= 0.6 is 0 Å². The molecule has 0 bridgehead atoms. The number of nitrogens with one attached hydrogen (secondary N) is 1. The molecular formula is C14H16N4O2. The molecule has 6 heteroatoms. The summed E-state index contributed by atoms with van der Waals surface area (Å²) in [5.41, 5.74) is 3.07. The number of carbonyl (C=O) groups is 1. The van der Waals surface area contributed by atoms with Crippen LogP contribution in [0.2, 0.25) is 0 Å². The van der Waals surface area contributed by atoms with Gasteiger partial charge in [-0.2, -0.15) is 0 Å². The number of carboxylic acid groups (broad SMARTS) is 1. The van der Waals surface area contributed by atoms with E-state index >= 15 is 0 Å². The number of carboxylic acids is 1. The minimum atomic E-state index is -1.09. The molecule has 0 aliphatic heterocycles. The second-order valence-corrected chi connectivity index (χ2v) is 4.63. The highest BCUT2D eigenvalue weighted by atomic mass is 16.4. The number of aryl methyl sites for hydroxylation is 1. The quantitative estimate of drug-likeness (QED) is 0.889. The minimum absolute atomic E-state index is 0.0755. The molecule has 0 atom stereocenters. The van der Waals surface area contributed by atoms with Crippen molar-refractivity contribution in [2.45, 2.75) is 6.92 Å². The highest BCUT2D eigenvalue weighted by Gasteiger charge is 2.06. The summed E-state index contributed by atoms with van der Waals surface area (Å²) in [6.45, 7) is 2.04. The van der Waals surface area contributed by atoms with E-state index in [0.717, 1.165) is 11.4 Å². The van der Waals surface area contributed by atoms with Crippen LogP contribution in [0, 0.1) is 6.92 Å². The molecule has 2 N–H and O–H groups in total. The molecule has 20 heavy (non-hydrogen) atoms. The molecule has 2 rings (SSSR count). The van der Waals surface area contributed by atoms with Crippen molar-refractivity contribution in [3.05, 3.63) is 41.6 Å². The fourth-order valence-electron chi connectivity index (χ4n) is 1.83. The van der Waals surface area contributed by atoms with E-state index in [9.17, 15) is 4.79 Å². The first-order chi connectivity index (χ1) is 9.47. The Balaban J connectivity index is 2.21. The Morgan fingerprint density at radius 2 is 1.95 bits per heavy atom. The molecule has 104 valence electrons. The maximum Gasteiger partial charge on any atom is 0.356 e. The Morgan fingerprint density at radius 1 is 1.20 bits per heavy atom. The van der Waals surface area contributed by atoms with Gasteiger partial charge in [-0.1, -0.05) is 6.07 Å². The van der Waals surface area contributed by atoms with Crippen molar-refractivity contribution >= 4 is 23.2 Å². The number of rotatable bonds is 4. The van der Waals surface area contributed by atoms with Crippen LogP contribution < -0.4 is 10.2 Å². The van der Waals surface area contributed by atoms with Crippen LogP contribution in [0.3, 0.4) is 0 Å². The second kappa shape index (κ2) is 5.56. The lowest BCUT2D eigenvalue weighted by molar-refractivity contribution is 0.0689. The van der Waals surface area contributed by atoms with E-state index in [0.29, 0.717) is 5.82 Å². The number of aromatic nitrogens is 2. The van der Waals surface area contributed by atoms with Gasteiger partial charge in [0.25, 0.3) is 0 Å². The number of aromatic carboxylic acids is 1. The summed E-state index contributed by atoms with van der Waals surface area (Å²) in [4.78, 5) is 12.7. The molecule has 0 spiro atoms. The van der Waals surface area contributed by atoms with Crippen molar-refractivity contribution < 1.29 is 9.90 Å². The van der Waals surface area contributed by atoms with E-state index < -0.39 is 5.97 Å². The first-order valence-electron chi connectivity index (χ1n) is 6.09. The van der Waals surface area contributed by atoms with E-state index in [2.05, 4.69) is 15.5 Å². The van der Waals surface area contributed by atoms with Crippen LogP contribution in [-0.2, 0) is 0 Å². The molecule has 1 aromatic heterocycles. The molecule has 0 aliphatic carbocycles. The van der Waals surface area contributed by atoms with Gasteiger partial charge >= 0.3 is 5.97 Å². The van der Waals surface area contributed by atoms with Crippen LogP contribution in [0.1, 0.15) is 16.1 Å². The minimum Gasteiger partial charge on any atom is -0.476 e. The third-order valence-electron chi connectivity index (χ3n) is 2.85. The lowest BCUT2D eigenvalue weighted by Gasteiger charge is -2.17. The summed E-state index contributed by atoms with van der Waals surface area (Å²) in [5.74, 6) is -0.585. The van der Waals surface area contributed by atoms with E-state index in [1.807, 2.05) is 44.1 Å². The highest BCUT2D eigenvalue weighted by molar-refractivity contribution is 5.85. The molecule has 0 radical (unpaired) electrons. The second-order valence-electron chi connectivity index (χ2n) is 4.63. The van der Waals surface area contributed by atoms with E-state index in [4.69, 9.17) is 5.11 Å². The Morgan fingerprint density at radius 3 is 2.50 bits per heavy atom. The third kappa shape index (κ3) is 3.03. The van der Waals surface area contributed by atoms with E-state index in [1.54, 1.807) is 6.07 Å². The summed E-state index contributed by atoms with van der Waals surface area (Å²) in [6, 6.07) is 8.96. The number of anilines is 3. The maximum absolute atomic E-state index is 10.7. The molecule has 6 nitrogen and oxygen atoms in total. The van der Waals surface area contributed by atoms with Gasteiger partial charge in [-0.15, -0.1) is 10.2 Å². The fourth-order valence-corrected chi connectivity index (χ4v) is 1.83. The molecule has 0 aliphatic rings. The van der Waals surface area contributed by atoms with Gasteiger partial charge in [0.1, 0.15) is 0 Å². The standard InChI is InChI=1S/C14H16N4O2/c1-9-4-5-10(8-12(9)18(2)3)15-13-7-6-11(14(19)20)16-17-13/h4-8H,1-3H3,(H,15,17)(H,19,20). The van der Waals surface area contributed by atoms with Gasteiger partial charge < -0.3 is 15.3 Å². The normalized spacial score (nSPS) is 10.2. The predicted octanol–water partition coefficient (Wildman–Crippen LogP) is 2.29. The summed E-state index contributed by atoms with van der Waals surface area (Å²) in [7, 11) is 3.96. The monoisotopic (exact) mass is 272 g/mol. The smallest absolute Gasteiger partial charge is 0.356 e. The van der Waals surface area contributed by atoms with Crippen molar-refractivity contribution in [2.75, 3.05) is 24.3 Å². The van der Waals surface area contributed by atoms with Crippen LogP contribution in [0.25, 0.3) is 0 Å². The van der Waals surface area contributed by atoms with Gasteiger partial charge in [0, 0.05) is 25.5 Å². The molecular weight excluding hydrogens is 256 g/mol. The van der Waals surface area contributed by atoms with Crippen molar-refractivity contribution in [3.8, 4) is 0 Å². The lowest BCUT2D eigenvalue weighted by Crippen LogP contribution is -2.10. The van der Waals surface area contributed by atoms with Crippen LogP contribution in [0.5, 0.6) is 0 Å². The SMILES string of the molecule is Cc1ccc(Nc2ccc(C(=O)O)nn2)cc1N(C)C. The third-order valence-corrected chi connectivity index (χ3v) is 2.85. The molecule has 0 fully saturated rings. The molecule has 1 heterocycles. The number of hydrogen-bond acceptors (Lipinski definition) is 5. The lowest BCUT2D eigenvalue weighted by atomic mass is 10.1. The van der Waals surface area contributed by atoms with Crippen molar-refractivity contribution in [1.82, 2.24) is 10.2 Å². The summed E-state index contributed by atoms with van der Waals surface area (Å²) in [6.07, 6.45) is 0. The van der Waals surface area contributed by atoms with Gasteiger partial charge in [0.2, 0.25) is 0 Å². The highest BCUT2D eigenvalue weighted by Crippen LogP contribution is 2.24. The van der Waals surface area contributed by atoms with Gasteiger partial charge in [0.05, 0.1) is 0 Å². The van der Waals surface area contributed by atoms with Gasteiger partial charge in [0.15, 0.2) is 11.5 Å². The zero-order valence-corrected chi connectivity index (χ0v) is 11.6. The van der Waals surface area contributed by atoms with Crippen molar-refractivity contribution in [2.24, 2.45) is 0 Å². The largest absolute Gasteiger partial charge is 0.476 e. The van der Waals surface area contributed by atoms with Crippen LogP contribution in [0.15, 0.2) is 30.3 Å². The Labute approximate surface area is 117 Å². The first-order valence-corrected chi connectivity index (χ1v) is 6.09. The first kappa shape index (κ1) is 13.8. The van der Waals surface area contributed by atoms with Crippen LogP contribution in [-0.4, -0.2) is 35.4 Å². The molecule has 1 aromatic carbocycles. The van der Waals surface area contributed by atoms with Crippen molar-refractivity contribution in [3.63, 3.8) is 0 Å². The predicted molar refractivity (Wildman–Crippen MR) is 77.8 cm³/mol. The summed E-state index contributed by atoms with van der Waals surface area (Å²) >= 11 is 0. The Hall–Kier alpha value is -2.63. The summed E-state index contributed by atoms with van der Waals surface area (Å²) in [5, 5.41) is 19.3. The number of nitrogens with zero attached hydrogens (tertiary/aromatic N) is 3. The van der Waals surface area contributed by atoms with Crippen molar-refractivity contribution in [1.29, 1.82) is 0 Å². The van der Waals surface area contributed by atoms with Gasteiger partial charge in [-0.3, -0.25) is 0 Å². The molecule has 0 unspecified atom stereocenters. The van der Waals surface area contributed by atoms with Gasteiger partial charge in [-0.25, -0.2) is 4.79 Å². The number of hydrogen-bond donors (Lipinski definition) is 2. The Kier molecular flexibility index (Phi) is 3.84. The van der Waals surface area contributed by atoms with Crippen LogP contribution in [0.4, 0.5) is 17.2 Å². The maximum atomic E-state index is 10.7. The molecule has 0 saturated carbocycles. The average Bonchev–Trinajstić information content (AvgIpc) is 2.41. The van der Waals surface area contributed by atoms with E-state index in [-0.39, 0.29) is 5.69 Å². The topological polar surface area (TPSA) is 78.3 Å². The number of benzene rings is 1. The van der Waals surface area contributed by atoms with Gasteiger partial charge in [-0.05, 0) is 36.8 Å². The van der Waals surface area contributed by atoms with E-state index in [1.165, 1.54) is 11.6 Å². The fraction of sp³-hybridized carbons (Fsp3) is 0.214. The molecule has 0 saturated heterocycles. The average molecular weight is 272 g/mol. The Bertz CT molecular complexity index is 624. The summed E-state index contributed by atoms with van der Waals surface area (Å²) < 4.78 is 0. The molecule has 0 amide bonds. The zero-order chi connectivity index (χ0) is 14.7.